The van der Waals surface area contributed by atoms with E-state index in [1.165, 1.54) is 23.6 Å². The molecule has 0 aromatic heterocycles. The minimum absolute atomic E-state index is 0.0801. The van der Waals surface area contributed by atoms with Gasteiger partial charge in [0.15, 0.2) is 0 Å². The summed E-state index contributed by atoms with van der Waals surface area (Å²) in [6, 6.07) is 9.48. The number of methoxy groups -OCH3 is 1. The van der Waals surface area contributed by atoms with E-state index < -0.39 is 0 Å². The van der Waals surface area contributed by atoms with Crippen LogP contribution in [0, 0.1) is 5.82 Å². The highest BCUT2D eigenvalue weighted by atomic mass is 32.2. The predicted molar refractivity (Wildman–Crippen MR) is 134 cm³/mol. The molecule has 0 spiro atoms. The molecule has 3 rings (SSSR count). The minimum atomic E-state index is -0.240. The summed E-state index contributed by atoms with van der Waals surface area (Å²) < 4.78 is 28.9. The maximum atomic E-state index is 14.1. The molecule has 1 fully saturated rings. The molecule has 0 unspecified atom stereocenters. The number of nitrogens with two attached hydrogens (primary N) is 2. The van der Waals surface area contributed by atoms with E-state index in [1.54, 1.807) is 19.2 Å². The number of nitrogen functional groups attached to an aromatic ring is 1. The van der Waals surface area contributed by atoms with Crippen molar-refractivity contribution in [2.45, 2.75) is 75.3 Å². The number of nitrogens with one attached hydrogen (secondary N) is 2. The summed E-state index contributed by atoms with van der Waals surface area (Å²) in [4.78, 5) is 0.554. The quantitative estimate of drug-likeness (QED) is 0.203. The van der Waals surface area contributed by atoms with Crippen LogP contribution in [0.25, 0.3) is 0 Å². The monoisotopic (exact) mass is 476 g/mol. The summed E-state index contributed by atoms with van der Waals surface area (Å²) >= 11 is 1.34. The highest BCUT2D eigenvalue weighted by molar-refractivity contribution is 7.97. The number of benzene rings is 2. The van der Waals surface area contributed by atoms with Crippen LogP contribution in [0.2, 0.25) is 0 Å². The van der Waals surface area contributed by atoms with Crippen LogP contribution in [0.3, 0.4) is 0 Å². The van der Waals surface area contributed by atoms with Crippen LogP contribution < -0.4 is 31.2 Å². The Morgan fingerprint density at radius 3 is 2.55 bits per heavy atom. The van der Waals surface area contributed by atoms with Gasteiger partial charge in [0.1, 0.15) is 17.3 Å². The number of hydrazine groups is 1. The summed E-state index contributed by atoms with van der Waals surface area (Å²) in [6.07, 6.45) is 5.92. The molecule has 0 atom stereocenters. The lowest BCUT2D eigenvalue weighted by Gasteiger charge is -2.30. The smallest absolute Gasteiger partial charge is 0.138 e. The lowest BCUT2D eigenvalue weighted by atomic mass is 9.81. The van der Waals surface area contributed by atoms with E-state index in [9.17, 15) is 4.39 Å². The standard InChI is InChI=1S/C25H37FN4O2S/c1-16(2)32-24-14-18(13-23(29-28)21(24)5-4-12-27)17-6-8-19(9-7-17)30-33-25-15-20(31-3)10-11-22(25)26/h10-11,13-17,19,29-30H,4-9,12,27-28H2,1-3H3. The van der Waals surface area contributed by atoms with E-state index in [4.69, 9.17) is 21.1 Å². The molecule has 8 heteroatoms. The number of anilines is 1. The largest absolute Gasteiger partial charge is 0.497 e. The number of rotatable bonds is 11. The molecule has 33 heavy (non-hydrogen) atoms. The van der Waals surface area contributed by atoms with Crippen LogP contribution in [0.1, 0.15) is 63.0 Å². The van der Waals surface area contributed by atoms with Gasteiger partial charge in [-0.1, -0.05) is 0 Å². The van der Waals surface area contributed by atoms with Gasteiger partial charge in [0.25, 0.3) is 0 Å². The summed E-state index contributed by atoms with van der Waals surface area (Å²) in [5.74, 6) is 7.63. The summed E-state index contributed by atoms with van der Waals surface area (Å²) in [6.45, 7) is 4.70. The zero-order chi connectivity index (χ0) is 23.8. The van der Waals surface area contributed by atoms with Gasteiger partial charge in [-0.25, -0.2) is 4.39 Å². The van der Waals surface area contributed by atoms with Crippen molar-refractivity contribution in [3.63, 3.8) is 0 Å². The maximum Gasteiger partial charge on any atom is 0.138 e. The molecule has 0 radical (unpaired) electrons. The van der Waals surface area contributed by atoms with Gasteiger partial charge < -0.3 is 20.6 Å². The molecule has 0 saturated heterocycles. The van der Waals surface area contributed by atoms with Gasteiger partial charge in [-0.2, -0.15) is 0 Å². The Morgan fingerprint density at radius 1 is 1.15 bits per heavy atom. The highest BCUT2D eigenvalue weighted by Gasteiger charge is 2.25. The fourth-order valence-electron chi connectivity index (χ4n) is 4.31. The average Bonchev–Trinajstić information content (AvgIpc) is 2.82. The van der Waals surface area contributed by atoms with E-state index in [-0.39, 0.29) is 11.9 Å². The van der Waals surface area contributed by atoms with Crippen molar-refractivity contribution in [2.75, 3.05) is 19.1 Å². The third-order valence-electron chi connectivity index (χ3n) is 6.05. The molecule has 0 heterocycles. The van der Waals surface area contributed by atoms with Crippen molar-refractivity contribution in [3.05, 3.63) is 47.3 Å². The molecule has 1 saturated carbocycles. The normalized spacial score (nSPS) is 18.4. The highest BCUT2D eigenvalue weighted by Crippen LogP contribution is 2.39. The molecule has 1 aliphatic carbocycles. The lowest BCUT2D eigenvalue weighted by Crippen LogP contribution is -2.28. The number of ether oxygens (including phenoxy) is 2. The second kappa shape index (κ2) is 12.5. The first kappa shape index (κ1) is 25.6. The van der Waals surface area contributed by atoms with Gasteiger partial charge in [-0.15, -0.1) is 0 Å². The van der Waals surface area contributed by atoms with Crippen LogP contribution in [0.4, 0.5) is 10.1 Å². The van der Waals surface area contributed by atoms with E-state index >= 15 is 0 Å². The molecule has 2 aromatic rings. The SMILES string of the molecule is COc1ccc(F)c(SNC2CCC(c3cc(NN)c(CCCN)c(OC(C)C)c3)CC2)c1. The van der Waals surface area contributed by atoms with Crippen molar-refractivity contribution in [3.8, 4) is 11.5 Å². The molecular weight excluding hydrogens is 439 g/mol. The third-order valence-corrected chi connectivity index (χ3v) is 7.04. The first-order chi connectivity index (χ1) is 15.9. The fourth-order valence-corrected chi connectivity index (χ4v) is 5.18. The lowest BCUT2D eigenvalue weighted by molar-refractivity contribution is 0.239. The Bertz CT molecular complexity index is 904. The summed E-state index contributed by atoms with van der Waals surface area (Å²) in [7, 11) is 1.59. The molecule has 0 amide bonds. The molecule has 1 aliphatic rings. The topological polar surface area (TPSA) is 94.6 Å². The van der Waals surface area contributed by atoms with Crippen LogP contribution in [0.5, 0.6) is 11.5 Å². The maximum absolute atomic E-state index is 14.1. The molecule has 182 valence electrons. The molecule has 6 N–H and O–H groups in total. The van der Waals surface area contributed by atoms with E-state index in [1.807, 2.05) is 13.8 Å². The summed E-state index contributed by atoms with van der Waals surface area (Å²) in [5, 5.41) is 0. The van der Waals surface area contributed by atoms with Crippen LogP contribution in [-0.2, 0) is 6.42 Å². The van der Waals surface area contributed by atoms with Crippen molar-refractivity contribution < 1.29 is 13.9 Å². The van der Waals surface area contributed by atoms with E-state index in [2.05, 4.69) is 22.3 Å². The second-order valence-electron chi connectivity index (χ2n) is 8.81. The second-order valence-corrected chi connectivity index (χ2v) is 9.69. The van der Waals surface area contributed by atoms with Crippen molar-refractivity contribution in [2.24, 2.45) is 11.6 Å². The third kappa shape index (κ3) is 6.99. The van der Waals surface area contributed by atoms with Gasteiger partial charge in [-0.3, -0.25) is 10.6 Å². The number of hydrogen-bond donors (Lipinski definition) is 4. The number of halogens is 1. The Balaban J connectivity index is 1.66. The zero-order valence-electron chi connectivity index (χ0n) is 19.8. The van der Waals surface area contributed by atoms with Crippen molar-refractivity contribution in [1.29, 1.82) is 0 Å². The fraction of sp³-hybridized carbons (Fsp3) is 0.520. The molecule has 0 bridgehead atoms. The summed E-state index contributed by atoms with van der Waals surface area (Å²) in [5.41, 5.74) is 11.9. The predicted octanol–water partition coefficient (Wildman–Crippen LogP) is 5.12. The Labute approximate surface area is 201 Å². The van der Waals surface area contributed by atoms with E-state index in [0.717, 1.165) is 55.5 Å². The Kier molecular flexibility index (Phi) is 9.67. The first-order valence-electron chi connectivity index (χ1n) is 11.7. The average molecular weight is 477 g/mol. The van der Waals surface area contributed by atoms with E-state index in [0.29, 0.717) is 29.1 Å². The van der Waals surface area contributed by atoms with Gasteiger partial charge in [0, 0.05) is 11.6 Å². The first-order valence-corrected chi connectivity index (χ1v) is 12.5. The van der Waals surface area contributed by atoms with Crippen molar-refractivity contribution in [1.82, 2.24) is 4.72 Å². The van der Waals surface area contributed by atoms with Crippen LogP contribution >= 0.6 is 11.9 Å². The van der Waals surface area contributed by atoms with Crippen molar-refractivity contribution >= 4 is 17.6 Å². The molecular formula is C25H37FN4O2S. The zero-order valence-corrected chi connectivity index (χ0v) is 20.6. The van der Waals surface area contributed by atoms with Gasteiger partial charge in [0.2, 0.25) is 0 Å². The molecule has 2 aromatic carbocycles. The van der Waals surface area contributed by atoms with Gasteiger partial charge in [0.05, 0.1) is 23.8 Å². The van der Waals surface area contributed by atoms with Crippen LogP contribution in [0.15, 0.2) is 35.2 Å². The number of hydrogen-bond acceptors (Lipinski definition) is 7. The minimum Gasteiger partial charge on any atom is -0.497 e. The van der Waals surface area contributed by atoms with Crippen LogP contribution in [-0.4, -0.2) is 25.8 Å². The molecule has 6 nitrogen and oxygen atoms in total. The Hall–Kier alpha value is -2.00. The van der Waals surface area contributed by atoms with Gasteiger partial charge in [-0.05, 0) is 113 Å². The Morgan fingerprint density at radius 2 is 1.91 bits per heavy atom. The van der Waals surface area contributed by atoms with Gasteiger partial charge >= 0.3 is 0 Å². The molecule has 0 aliphatic heterocycles.